The number of carbonyl (C=O) groups excluding carboxylic acids is 2. The van der Waals surface area contributed by atoms with Crippen molar-refractivity contribution in [2.75, 3.05) is 6.61 Å². The van der Waals surface area contributed by atoms with E-state index in [-0.39, 0.29) is 6.61 Å². The Morgan fingerprint density at radius 1 is 0.643 bits per heavy atom. The van der Waals surface area contributed by atoms with Crippen molar-refractivity contribution >= 4 is 18.0 Å². The molecule has 0 bridgehead atoms. The summed E-state index contributed by atoms with van der Waals surface area (Å²) >= 11 is 0. The second-order valence-electron chi connectivity index (χ2n) is 10.6. The zero-order valence-electron chi connectivity index (χ0n) is 25.1. The molecule has 0 fully saturated rings. The van der Waals surface area contributed by atoms with Crippen LogP contribution < -0.4 is 9.47 Å². The highest BCUT2D eigenvalue weighted by Crippen LogP contribution is 2.18. The van der Waals surface area contributed by atoms with Gasteiger partial charge in [-0.25, -0.2) is 9.59 Å². The molecule has 0 spiro atoms. The number of hydrogen-bond acceptors (Lipinski definition) is 5. The van der Waals surface area contributed by atoms with Crippen LogP contribution in [0.25, 0.3) is 6.08 Å². The van der Waals surface area contributed by atoms with E-state index in [2.05, 4.69) is 6.92 Å². The van der Waals surface area contributed by atoms with Crippen molar-refractivity contribution in [2.24, 2.45) is 0 Å². The number of benzene rings is 3. The summed E-state index contributed by atoms with van der Waals surface area (Å²) in [6.07, 6.45) is 18.8. The standard InChI is InChI=1S/C37H46O5/c1-2-3-4-5-6-7-8-9-10-11-12-16-29-40-34-26-22-33(23-27-34)37(39)42-35-24-19-31(20-25-35)21-28-36(38)41-30-32-17-14-13-15-18-32/h13-15,17-28H,2-12,16,29-30H2,1H3/b28-21+. The molecule has 0 saturated carbocycles. The lowest BCUT2D eigenvalue weighted by atomic mass is 10.1. The Balaban J connectivity index is 1.27. The van der Waals surface area contributed by atoms with Crippen LogP contribution in [-0.4, -0.2) is 18.5 Å². The number of hydrogen-bond donors (Lipinski definition) is 0. The molecule has 0 aliphatic heterocycles. The van der Waals surface area contributed by atoms with Crippen LogP contribution >= 0.6 is 0 Å². The van der Waals surface area contributed by atoms with Crippen molar-refractivity contribution in [1.82, 2.24) is 0 Å². The molecule has 0 radical (unpaired) electrons. The van der Waals surface area contributed by atoms with E-state index in [4.69, 9.17) is 14.2 Å². The molecule has 42 heavy (non-hydrogen) atoms. The van der Waals surface area contributed by atoms with Gasteiger partial charge >= 0.3 is 11.9 Å². The number of ether oxygens (including phenoxy) is 3. The second-order valence-corrected chi connectivity index (χ2v) is 10.6. The summed E-state index contributed by atoms with van der Waals surface area (Å²) in [4.78, 5) is 24.5. The molecule has 0 atom stereocenters. The molecule has 3 rings (SSSR count). The zero-order valence-corrected chi connectivity index (χ0v) is 25.1. The number of rotatable bonds is 20. The molecule has 0 N–H and O–H groups in total. The van der Waals surface area contributed by atoms with Gasteiger partial charge in [0, 0.05) is 6.08 Å². The van der Waals surface area contributed by atoms with Gasteiger partial charge in [0.25, 0.3) is 0 Å². The SMILES string of the molecule is CCCCCCCCCCCCCCOc1ccc(C(=O)Oc2ccc(/C=C/C(=O)OCc3ccccc3)cc2)cc1. The number of carbonyl (C=O) groups is 2. The third-order valence-electron chi connectivity index (χ3n) is 7.08. The molecule has 0 aromatic heterocycles. The zero-order chi connectivity index (χ0) is 29.7. The average Bonchev–Trinajstić information content (AvgIpc) is 3.02. The van der Waals surface area contributed by atoms with Crippen molar-refractivity contribution < 1.29 is 23.8 Å². The number of unbranched alkanes of at least 4 members (excludes halogenated alkanes) is 11. The van der Waals surface area contributed by atoms with Gasteiger partial charge in [-0.15, -0.1) is 0 Å². The summed E-state index contributed by atoms with van der Waals surface area (Å²) in [5.41, 5.74) is 2.18. The predicted octanol–water partition coefficient (Wildman–Crippen LogP) is 9.74. The lowest BCUT2D eigenvalue weighted by Crippen LogP contribution is -2.08. The summed E-state index contributed by atoms with van der Waals surface area (Å²) < 4.78 is 16.6. The van der Waals surface area contributed by atoms with Crippen LogP contribution in [0.4, 0.5) is 0 Å². The van der Waals surface area contributed by atoms with Crippen LogP contribution in [0.2, 0.25) is 0 Å². The highest BCUT2D eigenvalue weighted by atomic mass is 16.5. The van der Waals surface area contributed by atoms with Crippen LogP contribution in [0.3, 0.4) is 0 Å². The summed E-state index contributed by atoms with van der Waals surface area (Å²) in [5, 5.41) is 0. The first-order valence-electron chi connectivity index (χ1n) is 15.6. The van der Waals surface area contributed by atoms with Crippen LogP contribution in [0.1, 0.15) is 105 Å². The summed E-state index contributed by atoms with van der Waals surface area (Å²) in [5.74, 6) is 0.329. The molecule has 3 aromatic rings. The fourth-order valence-corrected chi connectivity index (χ4v) is 4.57. The topological polar surface area (TPSA) is 61.8 Å². The van der Waals surface area contributed by atoms with Crippen molar-refractivity contribution in [3.05, 3.63) is 102 Å². The van der Waals surface area contributed by atoms with Crippen LogP contribution in [-0.2, 0) is 16.1 Å². The van der Waals surface area contributed by atoms with Crippen LogP contribution in [0.5, 0.6) is 11.5 Å². The molecule has 0 aliphatic carbocycles. The fraction of sp³-hybridized carbons (Fsp3) is 0.405. The minimum Gasteiger partial charge on any atom is -0.494 e. The second kappa shape index (κ2) is 20.1. The van der Waals surface area contributed by atoms with E-state index in [1.54, 1.807) is 42.5 Å². The Hall–Kier alpha value is -3.86. The van der Waals surface area contributed by atoms with Gasteiger partial charge in [0.15, 0.2) is 0 Å². The van der Waals surface area contributed by atoms with Gasteiger partial charge in [0.05, 0.1) is 12.2 Å². The molecule has 0 heterocycles. The Bertz CT molecular complexity index is 1180. The first kappa shape index (κ1) is 32.7. The third kappa shape index (κ3) is 13.7. The average molecular weight is 571 g/mol. The Morgan fingerprint density at radius 3 is 1.83 bits per heavy atom. The maximum Gasteiger partial charge on any atom is 0.343 e. The minimum atomic E-state index is -0.435. The van der Waals surface area contributed by atoms with E-state index in [9.17, 15) is 9.59 Å². The maximum atomic E-state index is 12.6. The highest BCUT2D eigenvalue weighted by Gasteiger charge is 2.09. The molecule has 0 amide bonds. The van der Waals surface area contributed by atoms with E-state index in [0.717, 1.165) is 23.3 Å². The van der Waals surface area contributed by atoms with Gasteiger partial charge in [-0.3, -0.25) is 0 Å². The monoisotopic (exact) mass is 570 g/mol. The van der Waals surface area contributed by atoms with E-state index < -0.39 is 11.9 Å². The van der Waals surface area contributed by atoms with Gasteiger partial charge in [-0.2, -0.15) is 0 Å². The van der Waals surface area contributed by atoms with Gasteiger partial charge < -0.3 is 14.2 Å². The molecular formula is C37H46O5. The van der Waals surface area contributed by atoms with Crippen molar-refractivity contribution in [3.8, 4) is 11.5 Å². The van der Waals surface area contributed by atoms with E-state index in [0.29, 0.717) is 17.9 Å². The molecule has 224 valence electrons. The van der Waals surface area contributed by atoms with Crippen LogP contribution in [0, 0.1) is 0 Å². The van der Waals surface area contributed by atoms with Crippen molar-refractivity contribution in [2.45, 2.75) is 90.6 Å². The molecule has 0 unspecified atom stereocenters. The molecule has 0 aliphatic rings. The number of esters is 2. The van der Waals surface area contributed by atoms with Crippen molar-refractivity contribution in [1.29, 1.82) is 0 Å². The highest BCUT2D eigenvalue weighted by molar-refractivity contribution is 5.91. The molecule has 3 aromatic carbocycles. The first-order valence-corrected chi connectivity index (χ1v) is 15.6. The largest absolute Gasteiger partial charge is 0.494 e. The quantitative estimate of drug-likeness (QED) is 0.0585. The van der Waals surface area contributed by atoms with Gasteiger partial charge in [-0.05, 0) is 60.0 Å². The van der Waals surface area contributed by atoms with Crippen molar-refractivity contribution in [3.63, 3.8) is 0 Å². The Labute approximate surface area is 251 Å². The smallest absolute Gasteiger partial charge is 0.343 e. The molecule has 5 heteroatoms. The van der Waals surface area contributed by atoms with Gasteiger partial charge in [0.2, 0.25) is 0 Å². The Kier molecular flexibility index (Phi) is 15.6. The van der Waals surface area contributed by atoms with E-state index in [1.165, 1.54) is 76.7 Å². The molecular weight excluding hydrogens is 524 g/mol. The summed E-state index contributed by atoms with van der Waals surface area (Å²) in [6, 6.07) is 23.5. The Morgan fingerprint density at radius 2 is 1.21 bits per heavy atom. The van der Waals surface area contributed by atoms with Gasteiger partial charge in [0.1, 0.15) is 18.1 Å². The predicted molar refractivity (Wildman–Crippen MR) is 170 cm³/mol. The molecule has 5 nitrogen and oxygen atoms in total. The lowest BCUT2D eigenvalue weighted by molar-refractivity contribution is -0.138. The third-order valence-corrected chi connectivity index (χ3v) is 7.08. The van der Waals surface area contributed by atoms with E-state index >= 15 is 0 Å². The van der Waals surface area contributed by atoms with E-state index in [1.807, 2.05) is 42.5 Å². The minimum absolute atomic E-state index is 0.228. The lowest BCUT2D eigenvalue weighted by Gasteiger charge is -2.08. The summed E-state index contributed by atoms with van der Waals surface area (Å²) in [7, 11) is 0. The van der Waals surface area contributed by atoms with Crippen LogP contribution in [0.15, 0.2) is 84.9 Å². The van der Waals surface area contributed by atoms with Gasteiger partial charge in [-0.1, -0.05) is 120 Å². The normalized spacial score (nSPS) is 11.0. The summed E-state index contributed by atoms with van der Waals surface area (Å²) in [6.45, 7) is 3.18. The molecule has 0 saturated heterocycles. The first-order chi connectivity index (χ1) is 20.6. The maximum absolute atomic E-state index is 12.6. The fourth-order valence-electron chi connectivity index (χ4n) is 4.57.